The zero-order valence-corrected chi connectivity index (χ0v) is 13.4. The summed E-state index contributed by atoms with van der Waals surface area (Å²) >= 11 is 0. The first kappa shape index (κ1) is 16.6. The van der Waals surface area contributed by atoms with Crippen LogP contribution in [0.4, 0.5) is 15.9 Å². The van der Waals surface area contributed by atoms with E-state index < -0.39 is 0 Å². The molecule has 6 heteroatoms. The molecule has 25 heavy (non-hydrogen) atoms. The maximum atomic E-state index is 12.9. The minimum absolute atomic E-state index is 0.178. The lowest BCUT2D eigenvalue weighted by atomic mass is 10.1. The average molecular weight is 336 g/mol. The SMILES string of the molecule is O=C(Cc1ccc(F)cc1)Nc1ccc(NCc2ccccn2)nc1. The van der Waals surface area contributed by atoms with Crippen LogP contribution in [0.15, 0.2) is 67.0 Å². The fraction of sp³-hybridized carbons (Fsp3) is 0.105. The first-order valence-electron chi connectivity index (χ1n) is 7.83. The maximum Gasteiger partial charge on any atom is 0.228 e. The molecule has 1 aromatic carbocycles. The third-order valence-corrected chi connectivity index (χ3v) is 3.50. The van der Waals surface area contributed by atoms with Crippen LogP contribution in [0.3, 0.4) is 0 Å². The number of benzene rings is 1. The highest BCUT2D eigenvalue weighted by atomic mass is 19.1. The minimum Gasteiger partial charge on any atom is -0.364 e. The smallest absolute Gasteiger partial charge is 0.228 e. The van der Waals surface area contributed by atoms with Crippen molar-refractivity contribution in [2.24, 2.45) is 0 Å². The lowest BCUT2D eigenvalue weighted by molar-refractivity contribution is -0.115. The standard InChI is InChI=1S/C19H17FN4O/c20-15-6-4-14(5-7-15)11-19(25)24-17-8-9-18(23-13-17)22-12-16-3-1-2-10-21-16/h1-10,13H,11-12H2,(H,22,23)(H,24,25). The molecule has 3 aromatic rings. The van der Waals surface area contributed by atoms with Gasteiger partial charge in [0.2, 0.25) is 5.91 Å². The van der Waals surface area contributed by atoms with Gasteiger partial charge in [-0.05, 0) is 42.0 Å². The Hall–Kier alpha value is -3.28. The van der Waals surface area contributed by atoms with Crippen molar-refractivity contribution in [1.29, 1.82) is 0 Å². The molecule has 0 aliphatic heterocycles. The van der Waals surface area contributed by atoms with Crippen LogP contribution in [0.2, 0.25) is 0 Å². The van der Waals surface area contributed by atoms with Crippen LogP contribution in [0.5, 0.6) is 0 Å². The van der Waals surface area contributed by atoms with Crippen molar-refractivity contribution in [3.8, 4) is 0 Å². The molecule has 126 valence electrons. The summed E-state index contributed by atoms with van der Waals surface area (Å²) in [6, 6.07) is 15.2. The van der Waals surface area contributed by atoms with E-state index >= 15 is 0 Å². The number of anilines is 2. The van der Waals surface area contributed by atoms with Crippen LogP contribution in [0.1, 0.15) is 11.3 Å². The van der Waals surface area contributed by atoms with Gasteiger partial charge in [0, 0.05) is 6.20 Å². The summed E-state index contributed by atoms with van der Waals surface area (Å²) in [6.07, 6.45) is 3.51. The number of carbonyl (C=O) groups excluding carboxylic acids is 1. The van der Waals surface area contributed by atoms with E-state index in [1.165, 1.54) is 12.1 Å². The van der Waals surface area contributed by atoms with E-state index in [4.69, 9.17) is 0 Å². The van der Waals surface area contributed by atoms with Gasteiger partial charge in [0.15, 0.2) is 0 Å². The van der Waals surface area contributed by atoms with Crippen LogP contribution in [0, 0.1) is 5.82 Å². The second-order valence-electron chi connectivity index (χ2n) is 5.46. The number of pyridine rings is 2. The van der Waals surface area contributed by atoms with Crippen LogP contribution < -0.4 is 10.6 Å². The summed E-state index contributed by atoms with van der Waals surface area (Å²) in [6.45, 7) is 0.574. The summed E-state index contributed by atoms with van der Waals surface area (Å²) in [5.74, 6) is 0.201. The summed E-state index contributed by atoms with van der Waals surface area (Å²) in [5.41, 5.74) is 2.27. The molecule has 5 nitrogen and oxygen atoms in total. The average Bonchev–Trinajstić information content (AvgIpc) is 2.64. The van der Waals surface area contributed by atoms with Crippen LogP contribution in [-0.2, 0) is 17.8 Å². The van der Waals surface area contributed by atoms with Gasteiger partial charge in [0.05, 0.1) is 30.5 Å². The van der Waals surface area contributed by atoms with E-state index in [1.807, 2.05) is 18.2 Å². The van der Waals surface area contributed by atoms with Gasteiger partial charge in [0.1, 0.15) is 11.6 Å². The number of nitrogens with one attached hydrogen (secondary N) is 2. The van der Waals surface area contributed by atoms with E-state index in [1.54, 1.807) is 36.7 Å². The van der Waals surface area contributed by atoms with Gasteiger partial charge < -0.3 is 10.6 Å². The summed E-state index contributed by atoms with van der Waals surface area (Å²) in [4.78, 5) is 20.5. The largest absolute Gasteiger partial charge is 0.364 e. The van der Waals surface area contributed by atoms with Crippen LogP contribution in [-0.4, -0.2) is 15.9 Å². The number of halogens is 1. The Labute approximate surface area is 145 Å². The third-order valence-electron chi connectivity index (χ3n) is 3.50. The van der Waals surface area contributed by atoms with Crippen molar-refractivity contribution >= 4 is 17.4 Å². The van der Waals surface area contributed by atoms with Gasteiger partial charge in [-0.3, -0.25) is 9.78 Å². The molecule has 0 fully saturated rings. The van der Waals surface area contributed by atoms with E-state index in [0.29, 0.717) is 18.1 Å². The Balaban J connectivity index is 1.51. The quantitative estimate of drug-likeness (QED) is 0.724. The Bertz CT molecular complexity index is 820. The highest BCUT2D eigenvalue weighted by molar-refractivity contribution is 5.92. The summed E-state index contributed by atoms with van der Waals surface area (Å²) in [5, 5.41) is 5.94. The van der Waals surface area contributed by atoms with Gasteiger partial charge in [-0.2, -0.15) is 0 Å². The van der Waals surface area contributed by atoms with Gasteiger partial charge >= 0.3 is 0 Å². The Morgan fingerprint density at radius 3 is 2.52 bits per heavy atom. The fourth-order valence-corrected chi connectivity index (χ4v) is 2.25. The molecule has 0 saturated carbocycles. The Morgan fingerprint density at radius 2 is 1.84 bits per heavy atom. The lowest BCUT2D eigenvalue weighted by Crippen LogP contribution is -2.14. The molecule has 0 atom stereocenters. The minimum atomic E-state index is -0.317. The molecule has 0 saturated heterocycles. The number of amides is 1. The predicted octanol–water partition coefficient (Wildman–Crippen LogP) is 3.41. The molecule has 3 rings (SSSR count). The molecule has 0 unspecified atom stereocenters. The molecule has 0 aliphatic carbocycles. The van der Waals surface area contributed by atoms with E-state index in [2.05, 4.69) is 20.6 Å². The second kappa shape index (κ2) is 8.01. The van der Waals surface area contributed by atoms with Crippen molar-refractivity contribution in [3.05, 3.63) is 84.1 Å². The van der Waals surface area contributed by atoms with Crippen molar-refractivity contribution in [1.82, 2.24) is 9.97 Å². The third kappa shape index (κ3) is 5.10. The topological polar surface area (TPSA) is 66.9 Å². The van der Waals surface area contributed by atoms with Crippen molar-refractivity contribution in [2.75, 3.05) is 10.6 Å². The van der Waals surface area contributed by atoms with E-state index in [0.717, 1.165) is 11.3 Å². The summed E-state index contributed by atoms with van der Waals surface area (Å²) in [7, 11) is 0. The van der Waals surface area contributed by atoms with Gasteiger partial charge in [-0.15, -0.1) is 0 Å². The molecular formula is C19H17FN4O. The van der Waals surface area contributed by atoms with Crippen LogP contribution in [0.25, 0.3) is 0 Å². The lowest BCUT2D eigenvalue weighted by Gasteiger charge is -2.08. The molecule has 1 amide bonds. The Kier molecular flexibility index (Phi) is 5.31. The number of carbonyl (C=O) groups is 1. The first-order valence-corrected chi connectivity index (χ1v) is 7.83. The van der Waals surface area contributed by atoms with E-state index in [9.17, 15) is 9.18 Å². The first-order chi connectivity index (χ1) is 12.2. The maximum absolute atomic E-state index is 12.9. The molecule has 2 aromatic heterocycles. The van der Waals surface area contributed by atoms with Gasteiger partial charge in [0.25, 0.3) is 0 Å². The van der Waals surface area contributed by atoms with Gasteiger partial charge in [-0.25, -0.2) is 9.37 Å². The Morgan fingerprint density at radius 1 is 1.00 bits per heavy atom. The number of aromatic nitrogens is 2. The van der Waals surface area contributed by atoms with Gasteiger partial charge in [-0.1, -0.05) is 18.2 Å². The molecular weight excluding hydrogens is 319 g/mol. The predicted molar refractivity (Wildman–Crippen MR) is 94.5 cm³/mol. The molecule has 0 radical (unpaired) electrons. The summed E-state index contributed by atoms with van der Waals surface area (Å²) < 4.78 is 12.9. The molecule has 2 heterocycles. The number of hydrogen-bond donors (Lipinski definition) is 2. The van der Waals surface area contributed by atoms with Crippen molar-refractivity contribution < 1.29 is 9.18 Å². The zero-order chi connectivity index (χ0) is 17.5. The van der Waals surface area contributed by atoms with Crippen molar-refractivity contribution in [3.63, 3.8) is 0 Å². The highest BCUT2D eigenvalue weighted by Gasteiger charge is 2.05. The normalized spacial score (nSPS) is 10.3. The molecule has 2 N–H and O–H groups in total. The fourth-order valence-electron chi connectivity index (χ4n) is 2.25. The second-order valence-corrected chi connectivity index (χ2v) is 5.46. The number of hydrogen-bond acceptors (Lipinski definition) is 4. The molecule has 0 bridgehead atoms. The zero-order valence-electron chi connectivity index (χ0n) is 13.4. The number of nitrogens with zero attached hydrogens (tertiary/aromatic N) is 2. The molecule has 0 spiro atoms. The van der Waals surface area contributed by atoms with Crippen molar-refractivity contribution in [2.45, 2.75) is 13.0 Å². The highest BCUT2D eigenvalue weighted by Crippen LogP contribution is 2.12. The van der Waals surface area contributed by atoms with Crippen LogP contribution >= 0.6 is 0 Å². The number of rotatable bonds is 6. The van der Waals surface area contributed by atoms with E-state index in [-0.39, 0.29) is 18.1 Å². The monoisotopic (exact) mass is 336 g/mol. The molecule has 0 aliphatic rings.